The third kappa shape index (κ3) is 2.26. The van der Waals surface area contributed by atoms with Gasteiger partial charge in [-0.15, -0.1) is 0 Å². The summed E-state index contributed by atoms with van der Waals surface area (Å²) in [6.45, 7) is 1.72. The molecule has 18 heavy (non-hydrogen) atoms. The Morgan fingerprint density at radius 3 is 2.78 bits per heavy atom. The fraction of sp³-hybridized carbons (Fsp3) is 0.231. The van der Waals surface area contributed by atoms with Crippen molar-refractivity contribution in [2.45, 2.75) is 13.5 Å². The fourth-order valence-corrected chi connectivity index (χ4v) is 1.69. The SMILES string of the molecule is Cc1c(C(=O)Nc2ccccc2CO)cnn1C. The van der Waals surface area contributed by atoms with Crippen molar-refractivity contribution < 1.29 is 9.90 Å². The van der Waals surface area contributed by atoms with Crippen LogP contribution in [0.25, 0.3) is 0 Å². The molecule has 0 bridgehead atoms. The lowest BCUT2D eigenvalue weighted by molar-refractivity contribution is 0.102. The van der Waals surface area contributed by atoms with E-state index in [2.05, 4.69) is 10.4 Å². The van der Waals surface area contributed by atoms with E-state index in [4.69, 9.17) is 0 Å². The van der Waals surface area contributed by atoms with Crippen LogP contribution in [0.4, 0.5) is 5.69 Å². The van der Waals surface area contributed by atoms with Crippen molar-refractivity contribution in [1.29, 1.82) is 0 Å². The number of aliphatic hydroxyl groups excluding tert-OH is 1. The molecule has 0 atom stereocenters. The molecule has 0 aliphatic heterocycles. The Balaban J connectivity index is 2.24. The zero-order chi connectivity index (χ0) is 13.1. The van der Waals surface area contributed by atoms with Gasteiger partial charge in [-0.3, -0.25) is 9.48 Å². The Labute approximate surface area is 105 Å². The summed E-state index contributed by atoms with van der Waals surface area (Å²) in [5.41, 5.74) is 2.64. The van der Waals surface area contributed by atoms with Crippen molar-refractivity contribution in [1.82, 2.24) is 9.78 Å². The van der Waals surface area contributed by atoms with E-state index in [0.717, 1.165) is 5.69 Å². The first-order valence-corrected chi connectivity index (χ1v) is 5.62. The van der Waals surface area contributed by atoms with E-state index in [0.29, 0.717) is 16.8 Å². The normalized spacial score (nSPS) is 10.4. The lowest BCUT2D eigenvalue weighted by Gasteiger charge is -2.08. The minimum absolute atomic E-state index is 0.109. The first-order chi connectivity index (χ1) is 8.63. The Morgan fingerprint density at radius 1 is 1.44 bits per heavy atom. The van der Waals surface area contributed by atoms with E-state index in [9.17, 15) is 9.90 Å². The van der Waals surface area contributed by atoms with Gasteiger partial charge in [0.15, 0.2) is 0 Å². The summed E-state index contributed by atoms with van der Waals surface area (Å²) in [6.07, 6.45) is 1.53. The molecule has 0 fully saturated rings. The lowest BCUT2D eigenvalue weighted by Crippen LogP contribution is -2.14. The third-order valence-electron chi connectivity index (χ3n) is 2.92. The Morgan fingerprint density at radius 2 is 2.17 bits per heavy atom. The minimum Gasteiger partial charge on any atom is -0.392 e. The molecule has 0 unspecified atom stereocenters. The number of hydrogen-bond acceptors (Lipinski definition) is 3. The van der Waals surface area contributed by atoms with Crippen LogP contribution in [0, 0.1) is 6.92 Å². The van der Waals surface area contributed by atoms with E-state index in [1.807, 2.05) is 19.1 Å². The van der Waals surface area contributed by atoms with Crippen LogP contribution >= 0.6 is 0 Å². The predicted octanol–water partition coefficient (Wildman–Crippen LogP) is 1.47. The molecule has 0 aliphatic carbocycles. The van der Waals surface area contributed by atoms with Gasteiger partial charge in [-0.1, -0.05) is 18.2 Å². The molecule has 94 valence electrons. The first-order valence-electron chi connectivity index (χ1n) is 5.62. The number of para-hydroxylation sites is 1. The molecule has 0 spiro atoms. The monoisotopic (exact) mass is 245 g/mol. The Kier molecular flexibility index (Phi) is 3.43. The van der Waals surface area contributed by atoms with Crippen LogP contribution < -0.4 is 5.32 Å². The highest BCUT2D eigenvalue weighted by molar-refractivity contribution is 6.05. The van der Waals surface area contributed by atoms with Gasteiger partial charge < -0.3 is 10.4 Å². The van der Waals surface area contributed by atoms with Gasteiger partial charge in [0.1, 0.15) is 0 Å². The van der Waals surface area contributed by atoms with Crippen LogP contribution in [0.1, 0.15) is 21.6 Å². The zero-order valence-corrected chi connectivity index (χ0v) is 10.3. The van der Waals surface area contributed by atoms with E-state index >= 15 is 0 Å². The summed E-state index contributed by atoms with van der Waals surface area (Å²) in [5, 5.41) is 16.0. The quantitative estimate of drug-likeness (QED) is 0.860. The summed E-state index contributed by atoms with van der Waals surface area (Å²) in [7, 11) is 1.79. The molecule has 1 amide bonds. The van der Waals surface area contributed by atoms with Crippen molar-refractivity contribution in [3.05, 3.63) is 47.3 Å². The molecule has 2 N–H and O–H groups in total. The minimum atomic E-state index is -0.221. The summed E-state index contributed by atoms with van der Waals surface area (Å²) in [6, 6.07) is 7.16. The number of aliphatic hydroxyl groups is 1. The molecule has 0 radical (unpaired) electrons. The van der Waals surface area contributed by atoms with Crippen LogP contribution in [-0.2, 0) is 13.7 Å². The van der Waals surface area contributed by atoms with Crippen LogP contribution in [0.2, 0.25) is 0 Å². The maximum absolute atomic E-state index is 12.1. The maximum Gasteiger partial charge on any atom is 0.259 e. The number of rotatable bonds is 3. The molecule has 1 aromatic heterocycles. The number of amides is 1. The molecule has 2 rings (SSSR count). The second kappa shape index (κ2) is 5.01. The topological polar surface area (TPSA) is 67.2 Å². The maximum atomic E-state index is 12.1. The molecule has 2 aromatic rings. The van der Waals surface area contributed by atoms with Gasteiger partial charge in [0.2, 0.25) is 0 Å². The number of carbonyl (C=O) groups excluding carboxylic acids is 1. The highest BCUT2D eigenvalue weighted by atomic mass is 16.3. The summed E-state index contributed by atoms with van der Waals surface area (Å²) in [5.74, 6) is -0.221. The van der Waals surface area contributed by atoms with Crippen molar-refractivity contribution in [2.75, 3.05) is 5.32 Å². The molecule has 5 heteroatoms. The zero-order valence-electron chi connectivity index (χ0n) is 10.3. The number of nitrogens with zero attached hydrogens (tertiary/aromatic N) is 2. The first kappa shape index (κ1) is 12.3. The van der Waals surface area contributed by atoms with Gasteiger partial charge in [-0.05, 0) is 13.0 Å². The summed E-state index contributed by atoms with van der Waals surface area (Å²) in [4.78, 5) is 12.1. The van der Waals surface area contributed by atoms with Crippen molar-refractivity contribution in [3.8, 4) is 0 Å². The molecule has 0 saturated heterocycles. The summed E-state index contributed by atoms with van der Waals surface area (Å²) < 4.78 is 1.65. The summed E-state index contributed by atoms with van der Waals surface area (Å²) >= 11 is 0. The average Bonchev–Trinajstić information content (AvgIpc) is 2.71. The van der Waals surface area contributed by atoms with Gasteiger partial charge in [0.05, 0.1) is 18.4 Å². The fourth-order valence-electron chi connectivity index (χ4n) is 1.69. The smallest absolute Gasteiger partial charge is 0.259 e. The molecular weight excluding hydrogens is 230 g/mol. The van der Waals surface area contributed by atoms with Gasteiger partial charge >= 0.3 is 0 Å². The van der Waals surface area contributed by atoms with Crippen molar-refractivity contribution >= 4 is 11.6 Å². The molecule has 1 heterocycles. The van der Waals surface area contributed by atoms with Gasteiger partial charge in [0.25, 0.3) is 5.91 Å². The van der Waals surface area contributed by atoms with E-state index in [1.54, 1.807) is 23.9 Å². The second-order valence-corrected chi connectivity index (χ2v) is 4.04. The number of nitrogens with one attached hydrogen (secondary N) is 1. The largest absolute Gasteiger partial charge is 0.392 e. The highest BCUT2D eigenvalue weighted by Crippen LogP contribution is 2.16. The van der Waals surface area contributed by atoms with Crippen LogP contribution in [0.3, 0.4) is 0 Å². The van der Waals surface area contributed by atoms with Gasteiger partial charge in [-0.2, -0.15) is 5.10 Å². The van der Waals surface area contributed by atoms with E-state index in [1.165, 1.54) is 6.20 Å². The van der Waals surface area contributed by atoms with Crippen molar-refractivity contribution in [3.63, 3.8) is 0 Å². The highest BCUT2D eigenvalue weighted by Gasteiger charge is 2.13. The number of carbonyl (C=O) groups is 1. The van der Waals surface area contributed by atoms with Gasteiger partial charge in [0, 0.05) is 24.0 Å². The lowest BCUT2D eigenvalue weighted by atomic mass is 10.1. The Hall–Kier alpha value is -2.14. The number of anilines is 1. The van der Waals surface area contributed by atoms with Crippen molar-refractivity contribution in [2.24, 2.45) is 7.05 Å². The average molecular weight is 245 g/mol. The van der Waals surface area contributed by atoms with Crippen LogP contribution in [-0.4, -0.2) is 20.8 Å². The van der Waals surface area contributed by atoms with Crippen LogP contribution in [0.15, 0.2) is 30.5 Å². The van der Waals surface area contributed by atoms with Gasteiger partial charge in [-0.25, -0.2) is 0 Å². The van der Waals surface area contributed by atoms with E-state index < -0.39 is 0 Å². The molecule has 0 saturated carbocycles. The number of benzene rings is 1. The molecular formula is C13H15N3O2. The third-order valence-corrected chi connectivity index (χ3v) is 2.92. The molecule has 5 nitrogen and oxygen atoms in total. The number of hydrogen-bond donors (Lipinski definition) is 2. The molecule has 1 aromatic carbocycles. The number of aromatic nitrogens is 2. The van der Waals surface area contributed by atoms with E-state index in [-0.39, 0.29) is 12.5 Å². The standard InChI is InChI=1S/C13H15N3O2/c1-9-11(7-14-16(9)2)13(18)15-12-6-4-3-5-10(12)8-17/h3-7,17H,8H2,1-2H3,(H,15,18). The molecule has 0 aliphatic rings. The predicted molar refractivity (Wildman–Crippen MR) is 68.3 cm³/mol. The van der Waals surface area contributed by atoms with Crippen LogP contribution in [0.5, 0.6) is 0 Å². The number of aryl methyl sites for hydroxylation is 1. The Bertz CT molecular complexity index is 575. The second-order valence-electron chi connectivity index (χ2n) is 4.04.